The summed E-state index contributed by atoms with van der Waals surface area (Å²) in [5.74, 6) is 0.898. The fraction of sp³-hybridized carbons (Fsp3) is 0.615. The molecular weight excluding hydrogens is 214 g/mol. The van der Waals surface area contributed by atoms with Gasteiger partial charge in [-0.2, -0.15) is 0 Å². The van der Waals surface area contributed by atoms with E-state index in [4.69, 9.17) is 4.74 Å². The first-order valence-electron chi connectivity index (χ1n) is 6.15. The quantitative estimate of drug-likeness (QED) is 0.696. The molecule has 0 spiro atoms. The van der Waals surface area contributed by atoms with E-state index >= 15 is 0 Å². The number of hydrogen-bond acceptors (Lipinski definition) is 4. The number of nitrogens with zero attached hydrogens (tertiary/aromatic N) is 2. The van der Waals surface area contributed by atoms with Crippen LogP contribution in [0.2, 0.25) is 0 Å². The maximum Gasteiger partial charge on any atom is 0.122 e. The Hall–Kier alpha value is -1.13. The molecule has 0 bridgehead atoms. The molecule has 0 amide bonds. The number of ether oxygens (including phenoxy) is 1. The molecule has 0 aromatic carbocycles. The van der Waals surface area contributed by atoms with Gasteiger partial charge in [0, 0.05) is 25.4 Å². The van der Waals surface area contributed by atoms with Gasteiger partial charge in [0.2, 0.25) is 0 Å². The van der Waals surface area contributed by atoms with Crippen molar-refractivity contribution in [2.75, 3.05) is 33.8 Å². The average Bonchev–Trinajstić information content (AvgIpc) is 2.29. The number of likely N-dealkylation sites (N-methyl/N-ethyl adjacent to an activating group) is 1. The molecule has 1 N–H and O–H groups in total. The van der Waals surface area contributed by atoms with E-state index in [2.05, 4.69) is 22.1 Å². The molecule has 0 atom stereocenters. The van der Waals surface area contributed by atoms with E-state index in [-0.39, 0.29) is 0 Å². The molecule has 0 fully saturated rings. The van der Waals surface area contributed by atoms with Gasteiger partial charge in [-0.25, -0.2) is 0 Å². The van der Waals surface area contributed by atoms with Gasteiger partial charge in [-0.15, -0.1) is 0 Å². The van der Waals surface area contributed by atoms with Crippen LogP contribution in [0.25, 0.3) is 0 Å². The molecule has 4 nitrogen and oxygen atoms in total. The summed E-state index contributed by atoms with van der Waals surface area (Å²) in [6.07, 6.45) is 2.94. The summed E-state index contributed by atoms with van der Waals surface area (Å²) < 4.78 is 5.65. The maximum absolute atomic E-state index is 5.65. The second-order valence-electron chi connectivity index (χ2n) is 4.31. The van der Waals surface area contributed by atoms with Crippen molar-refractivity contribution in [2.24, 2.45) is 0 Å². The SMILES string of the molecule is CCCNCc1cc(OCCN(C)C)ccn1. The lowest BCUT2D eigenvalue weighted by Crippen LogP contribution is -2.19. The lowest BCUT2D eigenvalue weighted by atomic mass is 10.3. The van der Waals surface area contributed by atoms with Gasteiger partial charge in [0.05, 0.1) is 5.69 Å². The Bertz CT molecular complexity index is 315. The number of rotatable bonds is 8. The summed E-state index contributed by atoms with van der Waals surface area (Å²) in [6, 6.07) is 3.90. The Morgan fingerprint density at radius 2 is 2.24 bits per heavy atom. The molecule has 0 aliphatic carbocycles. The summed E-state index contributed by atoms with van der Waals surface area (Å²) in [7, 11) is 4.08. The van der Waals surface area contributed by atoms with Gasteiger partial charge in [-0.05, 0) is 33.1 Å². The van der Waals surface area contributed by atoms with Crippen molar-refractivity contribution < 1.29 is 4.74 Å². The lowest BCUT2D eigenvalue weighted by molar-refractivity contribution is 0.261. The minimum atomic E-state index is 0.707. The first kappa shape index (κ1) is 13.9. The number of pyridine rings is 1. The smallest absolute Gasteiger partial charge is 0.122 e. The molecule has 1 aromatic heterocycles. The summed E-state index contributed by atoms with van der Waals surface area (Å²) >= 11 is 0. The Balaban J connectivity index is 2.37. The van der Waals surface area contributed by atoms with Gasteiger partial charge in [-0.1, -0.05) is 6.92 Å². The van der Waals surface area contributed by atoms with Gasteiger partial charge >= 0.3 is 0 Å². The third-order valence-electron chi connectivity index (χ3n) is 2.33. The van der Waals surface area contributed by atoms with Crippen molar-refractivity contribution >= 4 is 0 Å². The van der Waals surface area contributed by atoms with Gasteiger partial charge in [-0.3, -0.25) is 4.98 Å². The molecule has 0 radical (unpaired) electrons. The summed E-state index contributed by atoms with van der Waals surface area (Å²) in [4.78, 5) is 6.40. The van der Waals surface area contributed by atoms with Gasteiger partial charge in [0.15, 0.2) is 0 Å². The van der Waals surface area contributed by atoms with Crippen molar-refractivity contribution in [3.8, 4) is 5.75 Å². The second-order valence-corrected chi connectivity index (χ2v) is 4.31. The predicted octanol–water partition coefficient (Wildman–Crippen LogP) is 1.52. The van der Waals surface area contributed by atoms with Crippen molar-refractivity contribution in [1.29, 1.82) is 0 Å². The highest BCUT2D eigenvalue weighted by atomic mass is 16.5. The zero-order valence-corrected chi connectivity index (χ0v) is 11.1. The molecular formula is C13H23N3O. The largest absolute Gasteiger partial charge is 0.492 e. The molecule has 4 heteroatoms. The zero-order chi connectivity index (χ0) is 12.5. The van der Waals surface area contributed by atoms with E-state index in [1.807, 2.05) is 26.2 Å². The maximum atomic E-state index is 5.65. The van der Waals surface area contributed by atoms with Crippen LogP contribution in [0, 0.1) is 0 Å². The molecule has 0 saturated carbocycles. The number of aromatic nitrogens is 1. The summed E-state index contributed by atoms with van der Waals surface area (Å²) in [5.41, 5.74) is 1.03. The van der Waals surface area contributed by atoms with Crippen molar-refractivity contribution in [3.05, 3.63) is 24.0 Å². The molecule has 1 aromatic rings. The molecule has 96 valence electrons. The second kappa shape index (κ2) is 8.03. The third-order valence-corrected chi connectivity index (χ3v) is 2.33. The molecule has 0 aliphatic heterocycles. The van der Waals surface area contributed by atoms with Gasteiger partial charge in [0.1, 0.15) is 12.4 Å². The van der Waals surface area contributed by atoms with Crippen LogP contribution >= 0.6 is 0 Å². The standard InChI is InChI=1S/C13H23N3O/c1-4-6-14-11-12-10-13(5-7-15-12)17-9-8-16(2)3/h5,7,10,14H,4,6,8-9,11H2,1-3H3. The molecule has 17 heavy (non-hydrogen) atoms. The van der Waals surface area contributed by atoms with Crippen LogP contribution in [0.15, 0.2) is 18.3 Å². The summed E-state index contributed by atoms with van der Waals surface area (Å²) in [5, 5.41) is 3.33. The van der Waals surface area contributed by atoms with E-state index in [1.54, 1.807) is 6.20 Å². The minimum absolute atomic E-state index is 0.707. The normalized spacial score (nSPS) is 10.8. The minimum Gasteiger partial charge on any atom is -0.492 e. The average molecular weight is 237 g/mol. The molecule has 1 rings (SSSR count). The zero-order valence-electron chi connectivity index (χ0n) is 11.1. The summed E-state index contributed by atoms with van der Waals surface area (Å²) in [6.45, 7) is 5.61. The van der Waals surface area contributed by atoms with E-state index < -0.39 is 0 Å². The highest BCUT2D eigenvalue weighted by Gasteiger charge is 1.98. The molecule has 0 aliphatic rings. The highest BCUT2D eigenvalue weighted by Crippen LogP contribution is 2.10. The molecule has 0 saturated heterocycles. The topological polar surface area (TPSA) is 37.4 Å². The third kappa shape index (κ3) is 6.24. The molecule has 1 heterocycles. The van der Waals surface area contributed by atoms with E-state index in [0.29, 0.717) is 6.61 Å². The highest BCUT2D eigenvalue weighted by molar-refractivity contribution is 5.22. The van der Waals surface area contributed by atoms with Crippen molar-refractivity contribution in [1.82, 2.24) is 15.2 Å². The van der Waals surface area contributed by atoms with Crippen LogP contribution in [-0.2, 0) is 6.54 Å². The van der Waals surface area contributed by atoms with Crippen molar-refractivity contribution in [2.45, 2.75) is 19.9 Å². The Morgan fingerprint density at radius 3 is 2.94 bits per heavy atom. The first-order chi connectivity index (χ1) is 8.22. The number of hydrogen-bond donors (Lipinski definition) is 1. The first-order valence-corrected chi connectivity index (χ1v) is 6.15. The van der Waals surface area contributed by atoms with Crippen LogP contribution in [0.4, 0.5) is 0 Å². The van der Waals surface area contributed by atoms with E-state index in [9.17, 15) is 0 Å². The van der Waals surface area contributed by atoms with E-state index in [0.717, 1.165) is 37.5 Å². The fourth-order valence-corrected chi connectivity index (χ4v) is 1.38. The monoisotopic (exact) mass is 237 g/mol. The van der Waals surface area contributed by atoms with Crippen LogP contribution < -0.4 is 10.1 Å². The Labute approximate surface area is 104 Å². The van der Waals surface area contributed by atoms with Gasteiger partial charge < -0.3 is 15.0 Å². The number of nitrogens with one attached hydrogen (secondary N) is 1. The van der Waals surface area contributed by atoms with Crippen LogP contribution in [0.3, 0.4) is 0 Å². The predicted molar refractivity (Wildman–Crippen MR) is 70.3 cm³/mol. The van der Waals surface area contributed by atoms with Gasteiger partial charge in [0.25, 0.3) is 0 Å². The lowest BCUT2D eigenvalue weighted by Gasteiger charge is -2.11. The van der Waals surface area contributed by atoms with Crippen LogP contribution in [0.1, 0.15) is 19.0 Å². The molecule has 0 unspecified atom stereocenters. The Kier molecular flexibility index (Phi) is 6.58. The van der Waals surface area contributed by atoms with E-state index in [1.165, 1.54) is 0 Å². The van der Waals surface area contributed by atoms with Crippen LogP contribution in [-0.4, -0.2) is 43.7 Å². The van der Waals surface area contributed by atoms with Crippen molar-refractivity contribution in [3.63, 3.8) is 0 Å². The Morgan fingerprint density at radius 1 is 1.41 bits per heavy atom. The van der Waals surface area contributed by atoms with Crippen LogP contribution in [0.5, 0.6) is 5.75 Å². The fourth-order valence-electron chi connectivity index (χ4n) is 1.38.